The SMILES string of the molecule is COc1cccc(/C(C)=N/OCc2c(Cl)cccc2-n2nnn(C)c2=O)c1. The van der Waals surface area contributed by atoms with Crippen LogP contribution in [0.1, 0.15) is 18.1 Å². The number of oxime groups is 1. The third kappa shape index (κ3) is 4.01. The topological polar surface area (TPSA) is 83.5 Å². The second-order valence-electron chi connectivity index (χ2n) is 5.72. The van der Waals surface area contributed by atoms with Crippen LogP contribution < -0.4 is 10.4 Å². The van der Waals surface area contributed by atoms with Crippen LogP contribution >= 0.6 is 11.6 Å². The lowest BCUT2D eigenvalue weighted by atomic mass is 10.1. The van der Waals surface area contributed by atoms with E-state index in [0.717, 1.165) is 16.0 Å². The molecule has 2 aromatic carbocycles. The summed E-state index contributed by atoms with van der Waals surface area (Å²) in [6.45, 7) is 1.90. The Bertz CT molecular complexity index is 1040. The Morgan fingerprint density at radius 1 is 1.22 bits per heavy atom. The Kier molecular flexibility index (Phi) is 5.56. The minimum atomic E-state index is -0.380. The van der Waals surface area contributed by atoms with Crippen LogP contribution in [0, 0.1) is 0 Å². The van der Waals surface area contributed by atoms with Gasteiger partial charge in [-0.2, -0.15) is 9.36 Å². The molecule has 27 heavy (non-hydrogen) atoms. The average molecular weight is 388 g/mol. The number of nitrogens with zero attached hydrogens (tertiary/aromatic N) is 5. The predicted molar refractivity (Wildman–Crippen MR) is 102 cm³/mol. The average Bonchev–Trinajstić information content (AvgIpc) is 3.01. The van der Waals surface area contributed by atoms with Crippen LogP contribution in [0.15, 0.2) is 52.4 Å². The minimum Gasteiger partial charge on any atom is -0.497 e. The molecule has 0 bridgehead atoms. The summed E-state index contributed by atoms with van der Waals surface area (Å²) in [5.74, 6) is 0.734. The van der Waals surface area contributed by atoms with Crippen LogP contribution in [0.2, 0.25) is 5.02 Å². The monoisotopic (exact) mass is 387 g/mol. The van der Waals surface area contributed by atoms with Crippen LogP contribution in [0.3, 0.4) is 0 Å². The lowest BCUT2D eigenvalue weighted by Crippen LogP contribution is -2.23. The van der Waals surface area contributed by atoms with Gasteiger partial charge in [0.2, 0.25) is 0 Å². The van der Waals surface area contributed by atoms with E-state index >= 15 is 0 Å². The third-order valence-electron chi connectivity index (χ3n) is 3.94. The maximum absolute atomic E-state index is 12.1. The van der Waals surface area contributed by atoms with Gasteiger partial charge in [0.05, 0.1) is 18.5 Å². The molecule has 0 unspecified atom stereocenters. The van der Waals surface area contributed by atoms with E-state index in [1.807, 2.05) is 31.2 Å². The molecule has 0 N–H and O–H groups in total. The zero-order chi connectivity index (χ0) is 19.4. The molecule has 0 saturated heterocycles. The number of tetrazole rings is 1. The number of halogens is 1. The Balaban J connectivity index is 1.84. The van der Waals surface area contributed by atoms with Gasteiger partial charge in [0.25, 0.3) is 0 Å². The van der Waals surface area contributed by atoms with Gasteiger partial charge in [-0.15, -0.1) is 0 Å². The summed E-state index contributed by atoms with van der Waals surface area (Å²) in [5, 5.41) is 12.2. The zero-order valence-corrected chi connectivity index (χ0v) is 15.8. The van der Waals surface area contributed by atoms with E-state index < -0.39 is 0 Å². The number of aromatic nitrogens is 4. The fourth-order valence-corrected chi connectivity index (χ4v) is 2.67. The molecule has 3 aromatic rings. The molecule has 0 atom stereocenters. The second-order valence-corrected chi connectivity index (χ2v) is 6.12. The van der Waals surface area contributed by atoms with Crippen molar-refractivity contribution in [2.24, 2.45) is 12.2 Å². The van der Waals surface area contributed by atoms with Crippen molar-refractivity contribution in [3.8, 4) is 11.4 Å². The molecule has 0 amide bonds. The fraction of sp³-hybridized carbons (Fsp3) is 0.222. The Morgan fingerprint density at radius 2 is 2.00 bits per heavy atom. The molecule has 1 aromatic heterocycles. The molecule has 0 fully saturated rings. The highest BCUT2D eigenvalue weighted by atomic mass is 35.5. The number of aryl methyl sites for hydroxylation is 1. The highest BCUT2D eigenvalue weighted by Crippen LogP contribution is 2.23. The smallest absolute Gasteiger partial charge is 0.368 e. The van der Waals surface area contributed by atoms with Gasteiger partial charge >= 0.3 is 5.69 Å². The van der Waals surface area contributed by atoms with E-state index in [-0.39, 0.29) is 12.3 Å². The maximum atomic E-state index is 12.1. The summed E-state index contributed by atoms with van der Waals surface area (Å²) >= 11 is 6.29. The summed E-state index contributed by atoms with van der Waals surface area (Å²) < 4.78 is 7.52. The molecule has 140 valence electrons. The molecular weight excluding hydrogens is 370 g/mol. The van der Waals surface area contributed by atoms with Crippen molar-refractivity contribution in [1.82, 2.24) is 19.8 Å². The number of ether oxygens (including phenoxy) is 1. The van der Waals surface area contributed by atoms with Gasteiger partial charge in [-0.3, -0.25) is 0 Å². The molecule has 9 heteroatoms. The number of rotatable bonds is 6. The molecular formula is C18H18ClN5O3. The van der Waals surface area contributed by atoms with Crippen molar-refractivity contribution in [1.29, 1.82) is 0 Å². The maximum Gasteiger partial charge on any atom is 0.368 e. The zero-order valence-electron chi connectivity index (χ0n) is 15.1. The van der Waals surface area contributed by atoms with E-state index in [1.165, 1.54) is 11.7 Å². The number of methoxy groups -OCH3 is 1. The molecule has 0 saturated carbocycles. The Labute approximate surface area is 160 Å². The number of hydrogen-bond acceptors (Lipinski definition) is 6. The molecule has 0 radical (unpaired) electrons. The van der Waals surface area contributed by atoms with Gasteiger partial charge in [0.1, 0.15) is 12.4 Å². The predicted octanol–water partition coefficient (Wildman–Crippen LogP) is 2.57. The van der Waals surface area contributed by atoms with E-state index in [0.29, 0.717) is 22.0 Å². The summed E-state index contributed by atoms with van der Waals surface area (Å²) in [6.07, 6.45) is 0. The van der Waals surface area contributed by atoms with E-state index in [4.69, 9.17) is 21.2 Å². The van der Waals surface area contributed by atoms with Crippen LogP contribution in [-0.4, -0.2) is 32.6 Å². The van der Waals surface area contributed by atoms with Crippen LogP contribution in [0.5, 0.6) is 5.75 Å². The van der Waals surface area contributed by atoms with E-state index in [2.05, 4.69) is 15.6 Å². The number of hydrogen-bond donors (Lipinski definition) is 0. The first-order chi connectivity index (χ1) is 13.0. The molecule has 0 aliphatic rings. The van der Waals surface area contributed by atoms with Crippen LogP contribution in [0.4, 0.5) is 0 Å². The standard InChI is InChI=1S/C18H18ClN5O3/c1-12(13-6-4-7-14(10-13)26-3)20-27-11-15-16(19)8-5-9-17(15)24-18(25)23(2)21-22-24/h4-10H,11H2,1-3H3/b20-12+. The highest BCUT2D eigenvalue weighted by molar-refractivity contribution is 6.31. The fourth-order valence-electron chi connectivity index (χ4n) is 2.45. The first-order valence-electron chi connectivity index (χ1n) is 8.09. The van der Waals surface area contributed by atoms with E-state index in [1.54, 1.807) is 25.3 Å². The summed E-state index contributed by atoms with van der Waals surface area (Å²) in [7, 11) is 3.13. The van der Waals surface area contributed by atoms with Gasteiger partial charge in [-0.05, 0) is 41.6 Å². The second kappa shape index (κ2) is 8.05. The van der Waals surface area contributed by atoms with Crippen LogP contribution in [0.25, 0.3) is 5.69 Å². The van der Waals surface area contributed by atoms with Gasteiger partial charge < -0.3 is 9.57 Å². The van der Waals surface area contributed by atoms with Crippen molar-refractivity contribution < 1.29 is 9.57 Å². The third-order valence-corrected chi connectivity index (χ3v) is 4.30. The highest BCUT2D eigenvalue weighted by Gasteiger charge is 2.14. The first kappa shape index (κ1) is 18.7. The molecule has 0 aliphatic carbocycles. The molecule has 0 spiro atoms. The van der Waals surface area contributed by atoms with Crippen molar-refractivity contribution in [2.75, 3.05) is 7.11 Å². The lowest BCUT2D eigenvalue weighted by molar-refractivity contribution is 0.130. The van der Waals surface area contributed by atoms with Gasteiger partial charge in [0.15, 0.2) is 0 Å². The normalized spacial score (nSPS) is 11.5. The Morgan fingerprint density at radius 3 is 2.70 bits per heavy atom. The quantitative estimate of drug-likeness (QED) is 0.479. The van der Waals surface area contributed by atoms with Gasteiger partial charge in [-0.25, -0.2) is 4.79 Å². The number of benzene rings is 2. The van der Waals surface area contributed by atoms with E-state index in [9.17, 15) is 4.79 Å². The molecule has 8 nitrogen and oxygen atoms in total. The summed E-state index contributed by atoms with van der Waals surface area (Å²) in [5.41, 5.74) is 2.26. The van der Waals surface area contributed by atoms with Crippen molar-refractivity contribution in [3.05, 3.63) is 69.1 Å². The molecule has 3 rings (SSSR count). The Hall–Kier alpha value is -3.13. The molecule has 0 aliphatic heterocycles. The van der Waals surface area contributed by atoms with Crippen molar-refractivity contribution in [3.63, 3.8) is 0 Å². The largest absolute Gasteiger partial charge is 0.497 e. The van der Waals surface area contributed by atoms with Crippen LogP contribution in [-0.2, 0) is 18.5 Å². The van der Waals surface area contributed by atoms with Crippen molar-refractivity contribution >= 4 is 17.3 Å². The minimum absolute atomic E-state index is 0.0688. The van der Waals surface area contributed by atoms with Gasteiger partial charge in [-0.1, -0.05) is 35.0 Å². The summed E-state index contributed by atoms with van der Waals surface area (Å²) in [4.78, 5) is 17.6. The first-order valence-corrected chi connectivity index (χ1v) is 8.47. The summed E-state index contributed by atoms with van der Waals surface area (Å²) in [6, 6.07) is 12.7. The lowest BCUT2D eigenvalue weighted by Gasteiger charge is -2.10. The van der Waals surface area contributed by atoms with Gasteiger partial charge in [0, 0.05) is 23.2 Å². The molecule has 1 heterocycles. The van der Waals surface area contributed by atoms with Crippen molar-refractivity contribution in [2.45, 2.75) is 13.5 Å².